The van der Waals surface area contributed by atoms with E-state index in [9.17, 15) is 0 Å². The van der Waals surface area contributed by atoms with E-state index in [0.717, 1.165) is 24.1 Å². The first-order valence-corrected chi connectivity index (χ1v) is 3.53. The maximum absolute atomic E-state index is 7.53. The van der Waals surface area contributed by atoms with Gasteiger partial charge in [-0.25, -0.2) is 0 Å². The molecule has 0 saturated heterocycles. The van der Waals surface area contributed by atoms with Crippen molar-refractivity contribution < 1.29 is 0 Å². The summed E-state index contributed by atoms with van der Waals surface area (Å²) in [7, 11) is 0. The van der Waals surface area contributed by atoms with Crippen LogP contribution >= 0.6 is 0 Å². The van der Waals surface area contributed by atoms with Crippen molar-refractivity contribution in [2.75, 3.05) is 0 Å². The molecule has 1 aliphatic carbocycles. The summed E-state index contributed by atoms with van der Waals surface area (Å²) in [6.45, 7) is 0. The second-order valence-corrected chi connectivity index (χ2v) is 2.64. The van der Waals surface area contributed by atoms with Crippen LogP contribution in [0.25, 0.3) is 0 Å². The van der Waals surface area contributed by atoms with Gasteiger partial charge in [0.15, 0.2) is 0 Å². The molecule has 0 fully saturated rings. The number of rotatable bonds is 0. The monoisotopic (exact) mass is 131 g/mol. The average Bonchev–Trinajstić information content (AvgIpc) is 2.34. The van der Waals surface area contributed by atoms with E-state index in [1.807, 2.05) is 18.2 Å². The van der Waals surface area contributed by atoms with Gasteiger partial charge in [0.1, 0.15) is 0 Å². The average molecular weight is 131 g/mol. The third kappa shape index (κ3) is 0.670. The number of hydrogen-bond donors (Lipinski definition) is 1. The Morgan fingerprint density at radius 1 is 1.10 bits per heavy atom. The van der Waals surface area contributed by atoms with Gasteiger partial charge >= 0.3 is 0 Å². The number of benzene rings is 1. The Labute approximate surface area is 60.2 Å². The molecule has 1 heteroatoms. The summed E-state index contributed by atoms with van der Waals surface area (Å²) in [5.41, 5.74) is 3.30. The van der Waals surface area contributed by atoms with Crippen molar-refractivity contribution in [3.05, 3.63) is 35.4 Å². The van der Waals surface area contributed by atoms with Crippen molar-refractivity contribution in [1.29, 1.82) is 5.41 Å². The molecular weight excluding hydrogens is 122 g/mol. The van der Waals surface area contributed by atoms with Crippen LogP contribution in [0.5, 0.6) is 0 Å². The zero-order chi connectivity index (χ0) is 6.97. The Balaban J connectivity index is 2.61. The summed E-state index contributed by atoms with van der Waals surface area (Å²) >= 11 is 0. The fraction of sp³-hybridized carbons (Fsp3) is 0.222. The molecule has 0 heterocycles. The van der Waals surface area contributed by atoms with Crippen LogP contribution in [0.15, 0.2) is 24.3 Å². The minimum Gasteiger partial charge on any atom is -0.305 e. The van der Waals surface area contributed by atoms with Crippen LogP contribution in [0.3, 0.4) is 0 Å². The van der Waals surface area contributed by atoms with Crippen molar-refractivity contribution in [3.63, 3.8) is 0 Å². The summed E-state index contributed by atoms with van der Waals surface area (Å²) in [6, 6.07) is 8.18. The van der Waals surface area contributed by atoms with E-state index in [0.29, 0.717) is 0 Å². The van der Waals surface area contributed by atoms with Gasteiger partial charge in [-0.3, -0.25) is 0 Å². The third-order valence-electron chi connectivity index (χ3n) is 1.99. The summed E-state index contributed by atoms with van der Waals surface area (Å²) in [5.74, 6) is 0. The smallest absolute Gasteiger partial charge is 0.0392 e. The fourth-order valence-electron chi connectivity index (χ4n) is 1.43. The molecule has 0 amide bonds. The Bertz CT molecular complexity index is 276. The van der Waals surface area contributed by atoms with E-state index in [2.05, 4.69) is 6.07 Å². The van der Waals surface area contributed by atoms with Crippen molar-refractivity contribution >= 4 is 5.71 Å². The molecule has 0 saturated carbocycles. The molecule has 1 aliphatic rings. The summed E-state index contributed by atoms with van der Waals surface area (Å²) in [4.78, 5) is 0. The minimum atomic E-state index is 0.801. The van der Waals surface area contributed by atoms with Gasteiger partial charge in [0.25, 0.3) is 0 Å². The van der Waals surface area contributed by atoms with Gasteiger partial charge in [0, 0.05) is 5.71 Å². The summed E-state index contributed by atoms with van der Waals surface area (Å²) in [5, 5.41) is 7.53. The Morgan fingerprint density at radius 3 is 2.70 bits per heavy atom. The van der Waals surface area contributed by atoms with Gasteiger partial charge in [-0.1, -0.05) is 24.3 Å². The van der Waals surface area contributed by atoms with E-state index in [-0.39, 0.29) is 0 Å². The Morgan fingerprint density at radius 2 is 1.90 bits per heavy atom. The van der Waals surface area contributed by atoms with E-state index in [1.54, 1.807) is 0 Å². The first kappa shape index (κ1) is 5.66. The molecule has 10 heavy (non-hydrogen) atoms. The topological polar surface area (TPSA) is 23.9 Å². The summed E-state index contributed by atoms with van der Waals surface area (Å²) in [6.07, 6.45) is 1.99. The van der Waals surface area contributed by atoms with E-state index in [4.69, 9.17) is 5.41 Å². The molecule has 1 N–H and O–H groups in total. The van der Waals surface area contributed by atoms with Crippen LogP contribution in [-0.2, 0) is 6.42 Å². The first-order valence-electron chi connectivity index (χ1n) is 3.53. The highest BCUT2D eigenvalue weighted by atomic mass is 14.4. The number of hydrogen-bond acceptors (Lipinski definition) is 1. The zero-order valence-corrected chi connectivity index (χ0v) is 5.72. The standard InChI is InChI=1S/C9H9N/c10-9-6-5-7-3-1-2-4-8(7)9/h1-4,10H,5-6H2. The molecule has 0 unspecified atom stereocenters. The highest BCUT2D eigenvalue weighted by molar-refractivity contribution is 6.02. The summed E-state index contributed by atoms with van der Waals surface area (Å²) < 4.78 is 0. The van der Waals surface area contributed by atoms with Crippen molar-refractivity contribution in [2.24, 2.45) is 0 Å². The van der Waals surface area contributed by atoms with Gasteiger partial charge < -0.3 is 5.41 Å². The highest BCUT2D eigenvalue weighted by Crippen LogP contribution is 2.20. The van der Waals surface area contributed by atoms with E-state index in [1.165, 1.54) is 5.56 Å². The number of aryl methyl sites for hydroxylation is 1. The number of fused-ring (bicyclic) bond motifs is 1. The maximum Gasteiger partial charge on any atom is 0.0392 e. The maximum atomic E-state index is 7.53. The fourth-order valence-corrected chi connectivity index (χ4v) is 1.43. The second-order valence-electron chi connectivity index (χ2n) is 2.64. The van der Waals surface area contributed by atoms with Gasteiger partial charge in [-0.2, -0.15) is 0 Å². The second kappa shape index (κ2) is 1.94. The predicted molar refractivity (Wildman–Crippen MR) is 41.6 cm³/mol. The van der Waals surface area contributed by atoms with Crippen LogP contribution < -0.4 is 0 Å². The largest absolute Gasteiger partial charge is 0.305 e. The van der Waals surface area contributed by atoms with Crippen molar-refractivity contribution in [2.45, 2.75) is 12.8 Å². The quantitative estimate of drug-likeness (QED) is 0.557. The molecule has 0 bridgehead atoms. The molecule has 2 rings (SSSR count). The lowest BCUT2D eigenvalue weighted by atomic mass is 10.1. The Kier molecular flexibility index (Phi) is 1.10. The minimum absolute atomic E-state index is 0.801. The molecule has 0 aliphatic heterocycles. The molecule has 1 nitrogen and oxygen atoms in total. The molecule has 1 aromatic rings. The van der Waals surface area contributed by atoms with Gasteiger partial charge in [0.2, 0.25) is 0 Å². The molecule has 1 aromatic carbocycles. The van der Waals surface area contributed by atoms with E-state index >= 15 is 0 Å². The SMILES string of the molecule is N=C1CCc2ccccc21. The van der Waals surface area contributed by atoms with Crippen molar-refractivity contribution in [1.82, 2.24) is 0 Å². The van der Waals surface area contributed by atoms with Gasteiger partial charge in [0.05, 0.1) is 0 Å². The molecule has 0 atom stereocenters. The lowest BCUT2D eigenvalue weighted by Gasteiger charge is -1.94. The van der Waals surface area contributed by atoms with Crippen LogP contribution in [0.2, 0.25) is 0 Å². The van der Waals surface area contributed by atoms with Crippen LogP contribution in [0.4, 0.5) is 0 Å². The molecule has 0 aromatic heterocycles. The number of nitrogens with one attached hydrogen (secondary N) is 1. The van der Waals surface area contributed by atoms with Gasteiger partial charge in [-0.05, 0) is 24.0 Å². The Hall–Kier alpha value is -1.11. The van der Waals surface area contributed by atoms with E-state index < -0.39 is 0 Å². The molecule has 0 radical (unpaired) electrons. The normalized spacial score (nSPS) is 15.4. The first-order chi connectivity index (χ1) is 4.88. The third-order valence-corrected chi connectivity index (χ3v) is 1.99. The van der Waals surface area contributed by atoms with Gasteiger partial charge in [-0.15, -0.1) is 0 Å². The molecule has 50 valence electrons. The highest BCUT2D eigenvalue weighted by Gasteiger charge is 2.13. The lowest BCUT2D eigenvalue weighted by Crippen LogP contribution is -1.89. The van der Waals surface area contributed by atoms with Crippen LogP contribution in [-0.4, -0.2) is 5.71 Å². The van der Waals surface area contributed by atoms with Crippen LogP contribution in [0.1, 0.15) is 17.5 Å². The lowest BCUT2D eigenvalue weighted by molar-refractivity contribution is 1.09. The zero-order valence-electron chi connectivity index (χ0n) is 5.72. The molecular formula is C9H9N. The van der Waals surface area contributed by atoms with Crippen molar-refractivity contribution in [3.8, 4) is 0 Å². The predicted octanol–water partition coefficient (Wildman–Crippen LogP) is 2.00. The van der Waals surface area contributed by atoms with Crippen LogP contribution in [0, 0.1) is 5.41 Å². The molecule has 0 spiro atoms.